The molecule has 10 heteroatoms. The van der Waals surface area contributed by atoms with E-state index in [1.807, 2.05) is 16.5 Å². The number of fused-ring (bicyclic) bond motifs is 1. The normalized spacial score (nSPS) is 14.5. The fraction of sp³-hybridized carbons (Fsp3) is 0.520. The van der Waals surface area contributed by atoms with Crippen LogP contribution in [-0.4, -0.2) is 61.0 Å². The van der Waals surface area contributed by atoms with Crippen molar-refractivity contribution in [3.8, 4) is 17.3 Å². The number of ether oxygens (including phenoxy) is 1. The summed E-state index contributed by atoms with van der Waals surface area (Å²) in [5.41, 5.74) is 2.22. The number of nitrogens with one attached hydrogen (secondary N) is 1. The molecule has 35 heavy (non-hydrogen) atoms. The van der Waals surface area contributed by atoms with Crippen LogP contribution in [-0.2, 0) is 11.2 Å². The van der Waals surface area contributed by atoms with E-state index in [1.54, 1.807) is 13.0 Å². The molecule has 1 amide bonds. The summed E-state index contributed by atoms with van der Waals surface area (Å²) in [6.45, 7) is 8.93. The van der Waals surface area contributed by atoms with E-state index >= 15 is 0 Å². The maximum Gasteiger partial charge on any atom is 0.279 e. The van der Waals surface area contributed by atoms with Gasteiger partial charge in [-0.1, -0.05) is 20.3 Å². The van der Waals surface area contributed by atoms with E-state index < -0.39 is 0 Å². The molecule has 0 unspecified atom stereocenters. The van der Waals surface area contributed by atoms with E-state index in [0.29, 0.717) is 54.5 Å². The average molecular weight is 481 g/mol. The predicted molar refractivity (Wildman–Crippen MR) is 132 cm³/mol. The van der Waals surface area contributed by atoms with Gasteiger partial charge in [-0.05, 0) is 38.7 Å². The Morgan fingerprint density at radius 2 is 1.91 bits per heavy atom. The molecule has 4 heterocycles. The molecule has 1 aliphatic rings. The standard InChI is InChI=1S/C25H32N6O4/c1-5-7-12-35-25-19(13-17(14-26-25)15(3)32)23-27-21-20(6-2)31(29-22(21)24(34)28-23)18-8-10-30(11-9-18)16(4)33/h13-14,18H,5-12H2,1-4H3,(H,27,28,34). The lowest BCUT2D eigenvalue weighted by Crippen LogP contribution is -2.38. The summed E-state index contributed by atoms with van der Waals surface area (Å²) < 4.78 is 7.78. The lowest BCUT2D eigenvalue weighted by Gasteiger charge is -2.32. The number of H-pyrrole nitrogens is 1. The topological polar surface area (TPSA) is 123 Å². The number of aryl methyl sites for hydroxylation is 1. The van der Waals surface area contributed by atoms with Crippen LogP contribution < -0.4 is 10.3 Å². The van der Waals surface area contributed by atoms with E-state index in [-0.39, 0.29) is 28.8 Å². The molecular formula is C25H32N6O4. The largest absolute Gasteiger partial charge is 0.477 e. The number of hydrogen-bond donors (Lipinski definition) is 1. The Labute approximate surface area is 203 Å². The van der Waals surface area contributed by atoms with E-state index in [2.05, 4.69) is 22.0 Å². The summed E-state index contributed by atoms with van der Waals surface area (Å²) in [4.78, 5) is 50.6. The summed E-state index contributed by atoms with van der Waals surface area (Å²) in [7, 11) is 0. The van der Waals surface area contributed by atoms with Gasteiger partial charge in [0.1, 0.15) is 11.3 Å². The van der Waals surface area contributed by atoms with Crippen LogP contribution in [0.25, 0.3) is 22.4 Å². The molecule has 4 rings (SSSR count). The second-order valence-corrected chi connectivity index (χ2v) is 8.93. The van der Waals surface area contributed by atoms with E-state index in [4.69, 9.17) is 9.72 Å². The number of ketones is 1. The molecule has 1 fully saturated rings. The molecule has 1 aliphatic heterocycles. The first-order valence-corrected chi connectivity index (χ1v) is 12.2. The Kier molecular flexibility index (Phi) is 7.28. The SMILES string of the molecule is CCCCOc1ncc(C(C)=O)cc1-c1nc2c(CC)n(C3CCN(C(C)=O)CC3)nc2c(=O)[nH]1. The Morgan fingerprint density at radius 1 is 1.17 bits per heavy atom. The van der Waals surface area contributed by atoms with Gasteiger partial charge in [0.25, 0.3) is 5.56 Å². The van der Waals surface area contributed by atoms with E-state index in [0.717, 1.165) is 31.4 Å². The molecule has 3 aromatic rings. The van der Waals surface area contributed by atoms with E-state index in [9.17, 15) is 14.4 Å². The molecule has 0 bridgehead atoms. The number of amides is 1. The Bertz CT molecular complexity index is 1300. The minimum Gasteiger partial charge on any atom is -0.477 e. The molecular weight excluding hydrogens is 448 g/mol. The van der Waals surface area contributed by atoms with Crippen LogP contribution in [0.1, 0.15) is 75.5 Å². The van der Waals surface area contributed by atoms with Gasteiger partial charge < -0.3 is 14.6 Å². The van der Waals surface area contributed by atoms with Crippen LogP contribution in [0.15, 0.2) is 17.1 Å². The first-order valence-electron chi connectivity index (χ1n) is 12.2. The molecule has 1 saturated heterocycles. The molecule has 0 spiro atoms. The number of nitrogens with zero attached hydrogens (tertiary/aromatic N) is 5. The summed E-state index contributed by atoms with van der Waals surface area (Å²) in [6, 6.07) is 1.75. The van der Waals surface area contributed by atoms with Crippen LogP contribution in [0.5, 0.6) is 5.88 Å². The van der Waals surface area contributed by atoms with Crippen LogP contribution in [0.2, 0.25) is 0 Å². The van der Waals surface area contributed by atoms with Crippen molar-refractivity contribution < 1.29 is 14.3 Å². The Hall–Kier alpha value is -3.56. The van der Waals surface area contributed by atoms with Gasteiger partial charge in [-0.15, -0.1) is 0 Å². The van der Waals surface area contributed by atoms with Gasteiger partial charge in [0.05, 0.1) is 23.9 Å². The predicted octanol–water partition coefficient (Wildman–Crippen LogP) is 3.31. The molecule has 10 nitrogen and oxygen atoms in total. The van der Waals surface area contributed by atoms with Crippen molar-refractivity contribution in [2.45, 2.75) is 65.8 Å². The number of Topliss-reactive ketones (excluding diaryl/α,β-unsaturated/α-hetero) is 1. The third kappa shape index (κ3) is 4.96. The number of pyridine rings is 1. The highest BCUT2D eigenvalue weighted by Gasteiger charge is 2.27. The molecule has 0 saturated carbocycles. The van der Waals surface area contributed by atoms with Gasteiger partial charge in [0.2, 0.25) is 11.8 Å². The smallest absolute Gasteiger partial charge is 0.279 e. The van der Waals surface area contributed by atoms with Crippen molar-refractivity contribution in [3.63, 3.8) is 0 Å². The number of aromatic amines is 1. The number of carbonyl (C=O) groups is 2. The highest BCUT2D eigenvalue weighted by Crippen LogP contribution is 2.30. The third-order valence-electron chi connectivity index (χ3n) is 6.49. The molecule has 186 valence electrons. The number of likely N-dealkylation sites (tertiary alicyclic amines) is 1. The van der Waals surface area contributed by atoms with Crippen molar-refractivity contribution in [3.05, 3.63) is 33.9 Å². The van der Waals surface area contributed by atoms with Crippen LogP contribution in [0.4, 0.5) is 0 Å². The third-order valence-corrected chi connectivity index (χ3v) is 6.49. The maximum absolute atomic E-state index is 13.1. The fourth-order valence-corrected chi connectivity index (χ4v) is 4.46. The number of carbonyl (C=O) groups excluding carboxylic acids is 2. The minimum atomic E-state index is -0.354. The van der Waals surface area contributed by atoms with Gasteiger partial charge in [-0.3, -0.25) is 19.1 Å². The van der Waals surface area contributed by atoms with Gasteiger partial charge >= 0.3 is 0 Å². The first kappa shape index (κ1) is 24.6. The number of rotatable bonds is 8. The van der Waals surface area contributed by atoms with Gasteiger partial charge in [-0.25, -0.2) is 9.97 Å². The molecule has 3 aromatic heterocycles. The number of piperidine rings is 1. The number of hydrogen-bond acceptors (Lipinski definition) is 7. The van der Waals surface area contributed by atoms with Crippen LogP contribution in [0, 0.1) is 0 Å². The lowest BCUT2D eigenvalue weighted by molar-refractivity contribution is -0.130. The zero-order valence-corrected chi connectivity index (χ0v) is 20.8. The summed E-state index contributed by atoms with van der Waals surface area (Å²) in [5, 5.41) is 4.65. The lowest BCUT2D eigenvalue weighted by atomic mass is 10.0. The quantitative estimate of drug-likeness (QED) is 0.387. The zero-order valence-electron chi connectivity index (χ0n) is 20.8. The monoisotopic (exact) mass is 480 g/mol. The summed E-state index contributed by atoms with van der Waals surface area (Å²) >= 11 is 0. The second kappa shape index (κ2) is 10.4. The molecule has 0 aliphatic carbocycles. The van der Waals surface area contributed by atoms with Gasteiger partial charge in [-0.2, -0.15) is 5.10 Å². The molecule has 0 aromatic carbocycles. The highest BCUT2D eigenvalue weighted by atomic mass is 16.5. The van der Waals surface area contributed by atoms with Gasteiger partial charge in [0.15, 0.2) is 11.3 Å². The average Bonchev–Trinajstić information content (AvgIpc) is 3.23. The first-order chi connectivity index (χ1) is 16.8. The molecule has 1 N–H and O–H groups in total. The Balaban J connectivity index is 1.78. The van der Waals surface area contributed by atoms with Crippen LogP contribution in [0.3, 0.4) is 0 Å². The second-order valence-electron chi connectivity index (χ2n) is 8.93. The van der Waals surface area contributed by atoms with Crippen LogP contribution >= 0.6 is 0 Å². The van der Waals surface area contributed by atoms with Crippen molar-refractivity contribution in [1.29, 1.82) is 0 Å². The molecule has 0 radical (unpaired) electrons. The summed E-state index contributed by atoms with van der Waals surface area (Å²) in [6.07, 6.45) is 5.48. The highest BCUT2D eigenvalue weighted by molar-refractivity contribution is 5.95. The molecule has 0 atom stereocenters. The van der Waals surface area contributed by atoms with Gasteiger partial charge in [0, 0.05) is 31.8 Å². The van der Waals surface area contributed by atoms with E-state index in [1.165, 1.54) is 13.1 Å². The Morgan fingerprint density at radius 3 is 2.54 bits per heavy atom. The van der Waals surface area contributed by atoms with Crippen molar-refractivity contribution in [2.75, 3.05) is 19.7 Å². The van der Waals surface area contributed by atoms with Crippen molar-refractivity contribution >= 4 is 22.7 Å². The number of unbranched alkanes of at least 4 members (excludes halogenated alkanes) is 1. The van der Waals surface area contributed by atoms with Crippen molar-refractivity contribution in [1.82, 2.24) is 29.6 Å². The zero-order chi connectivity index (χ0) is 25.1. The summed E-state index contributed by atoms with van der Waals surface area (Å²) in [5.74, 6) is 0.561. The fourth-order valence-electron chi connectivity index (χ4n) is 4.46. The number of aromatic nitrogens is 5. The maximum atomic E-state index is 13.1. The minimum absolute atomic E-state index is 0.0749. The van der Waals surface area contributed by atoms with Crippen molar-refractivity contribution in [2.24, 2.45) is 0 Å².